The Morgan fingerprint density at radius 2 is 1.85 bits per heavy atom. The quantitative estimate of drug-likeness (QED) is 0.895. The highest BCUT2D eigenvalue weighted by molar-refractivity contribution is 9.10. The highest BCUT2D eigenvalue weighted by Gasteiger charge is 2.16. The first kappa shape index (κ1) is 14.9. The third-order valence-corrected chi connectivity index (χ3v) is 3.14. The van der Waals surface area contributed by atoms with E-state index in [0.717, 1.165) is 0 Å². The second-order valence-electron chi connectivity index (χ2n) is 4.02. The Morgan fingerprint density at radius 1 is 1.10 bits per heavy atom. The molecular weight excluding hydrogens is 337 g/mol. The van der Waals surface area contributed by atoms with E-state index in [4.69, 9.17) is 0 Å². The summed E-state index contributed by atoms with van der Waals surface area (Å²) in [7, 11) is 0. The smallest absolute Gasteiger partial charge is 0.387 e. The summed E-state index contributed by atoms with van der Waals surface area (Å²) in [6.45, 7) is -2.95. The van der Waals surface area contributed by atoms with Gasteiger partial charge in [0.1, 0.15) is 17.7 Å². The predicted octanol–water partition coefficient (Wildman–Crippen LogP) is 4.27. The van der Waals surface area contributed by atoms with Gasteiger partial charge in [-0.25, -0.2) is 4.39 Å². The minimum atomic E-state index is -2.95. The number of rotatable bonds is 4. The molecule has 2 aromatic rings. The van der Waals surface area contributed by atoms with Gasteiger partial charge in [-0.05, 0) is 35.9 Å². The van der Waals surface area contributed by atoms with Crippen LogP contribution in [-0.4, -0.2) is 11.7 Å². The SMILES string of the molecule is OC(c1cccc(OC(F)F)c1)c1cc(Br)ccc1F. The van der Waals surface area contributed by atoms with Crippen molar-refractivity contribution in [2.45, 2.75) is 12.7 Å². The fraction of sp³-hybridized carbons (Fsp3) is 0.143. The topological polar surface area (TPSA) is 29.5 Å². The van der Waals surface area contributed by atoms with Gasteiger partial charge in [-0.15, -0.1) is 0 Å². The lowest BCUT2D eigenvalue weighted by atomic mass is 10.0. The van der Waals surface area contributed by atoms with Crippen LogP contribution in [0.15, 0.2) is 46.9 Å². The van der Waals surface area contributed by atoms with Crippen molar-refractivity contribution in [1.82, 2.24) is 0 Å². The third kappa shape index (κ3) is 3.52. The van der Waals surface area contributed by atoms with Gasteiger partial charge in [0.25, 0.3) is 0 Å². The van der Waals surface area contributed by atoms with Crippen LogP contribution in [0.4, 0.5) is 13.2 Å². The zero-order valence-corrected chi connectivity index (χ0v) is 11.6. The van der Waals surface area contributed by atoms with Gasteiger partial charge >= 0.3 is 6.61 Å². The van der Waals surface area contributed by atoms with Crippen LogP contribution >= 0.6 is 15.9 Å². The Labute approximate surface area is 121 Å². The van der Waals surface area contributed by atoms with Crippen LogP contribution in [0.1, 0.15) is 17.2 Å². The maximum atomic E-state index is 13.7. The Bertz CT molecular complexity index is 605. The molecule has 2 rings (SSSR count). The molecule has 1 atom stereocenters. The fourth-order valence-corrected chi connectivity index (χ4v) is 2.14. The number of hydrogen-bond acceptors (Lipinski definition) is 2. The summed E-state index contributed by atoms with van der Waals surface area (Å²) in [5.74, 6) is -0.673. The minimum absolute atomic E-state index is 0.0496. The molecule has 0 saturated heterocycles. The van der Waals surface area contributed by atoms with Crippen LogP contribution in [0.2, 0.25) is 0 Å². The summed E-state index contributed by atoms with van der Waals surface area (Å²) in [6, 6.07) is 9.68. The maximum absolute atomic E-state index is 13.7. The Morgan fingerprint density at radius 3 is 2.55 bits per heavy atom. The van der Waals surface area contributed by atoms with Crippen molar-refractivity contribution in [1.29, 1.82) is 0 Å². The van der Waals surface area contributed by atoms with Gasteiger partial charge in [-0.1, -0.05) is 28.1 Å². The summed E-state index contributed by atoms with van der Waals surface area (Å²) in [4.78, 5) is 0. The van der Waals surface area contributed by atoms with E-state index in [-0.39, 0.29) is 16.9 Å². The first-order chi connectivity index (χ1) is 9.47. The van der Waals surface area contributed by atoms with E-state index in [2.05, 4.69) is 20.7 Å². The van der Waals surface area contributed by atoms with Crippen LogP contribution in [0.5, 0.6) is 5.75 Å². The van der Waals surface area contributed by atoms with Gasteiger partial charge in [0.2, 0.25) is 0 Å². The molecule has 0 heterocycles. The average molecular weight is 347 g/mol. The van der Waals surface area contributed by atoms with Crippen LogP contribution in [0.3, 0.4) is 0 Å². The molecule has 2 aromatic carbocycles. The first-order valence-electron chi connectivity index (χ1n) is 5.65. The number of benzene rings is 2. The largest absolute Gasteiger partial charge is 0.435 e. The minimum Gasteiger partial charge on any atom is -0.435 e. The standard InChI is InChI=1S/C14H10BrF3O2/c15-9-4-5-12(16)11(7-9)13(19)8-2-1-3-10(6-8)20-14(17)18/h1-7,13-14,19H. The number of ether oxygens (including phenoxy) is 1. The van der Waals surface area contributed by atoms with Gasteiger partial charge in [-0.2, -0.15) is 8.78 Å². The van der Waals surface area contributed by atoms with Crippen LogP contribution in [0, 0.1) is 5.82 Å². The van der Waals surface area contributed by atoms with Gasteiger partial charge in [0.05, 0.1) is 0 Å². The summed E-state index contributed by atoms with van der Waals surface area (Å²) >= 11 is 3.18. The molecule has 2 nitrogen and oxygen atoms in total. The van der Waals surface area contributed by atoms with Crippen LogP contribution in [0.25, 0.3) is 0 Å². The summed E-state index contributed by atoms with van der Waals surface area (Å²) in [5, 5.41) is 10.2. The second-order valence-corrected chi connectivity index (χ2v) is 4.94. The molecular formula is C14H10BrF3O2. The molecule has 106 valence electrons. The fourth-order valence-electron chi connectivity index (χ4n) is 1.76. The zero-order valence-electron chi connectivity index (χ0n) is 10.1. The summed E-state index contributed by atoms with van der Waals surface area (Å²) in [5.41, 5.74) is 0.314. The van der Waals surface area contributed by atoms with Gasteiger partial charge in [0, 0.05) is 10.0 Å². The average Bonchev–Trinajstić information content (AvgIpc) is 2.40. The normalized spacial score (nSPS) is 12.5. The molecule has 1 N–H and O–H groups in total. The molecule has 0 aliphatic rings. The van der Waals surface area contributed by atoms with Crippen molar-refractivity contribution in [3.8, 4) is 5.75 Å². The van der Waals surface area contributed by atoms with Crippen molar-refractivity contribution in [2.75, 3.05) is 0 Å². The van der Waals surface area contributed by atoms with Crippen molar-refractivity contribution >= 4 is 15.9 Å². The van der Waals surface area contributed by atoms with Crippen molar-refractivity contribution in [2.24, 2.45) is 0 Å². The summed E-state index contributed by atoms with van der Waals surface area (Å²) < 4.78 is 42.8. The Hall–Kier alpha value is -1.53. The molecule has 6 heteroatoms. The number of alkyl halides is 2. The molecule has 0 fully saturated rings. The highest BCUT2D eigenvalue weighted by atomic mass is 79.9. The molecule has 0 aliphatic heterocycles. The maximum Gasteiger partial charge on any atom is 0.387 e. The molecule has 1 unspecified atom stereocenters. The van der Waals surface area contributed by atoms with E-state index in [1.54, 1.807) is 0 Å². The first-order valence-corrected chi connectivity index (χ1v) is 6.44. The lowest BCUT2D eigenvalue weighted by Crippen LogP contribution is -2.05. The second kappa shape index (κ2) is 6.28. The van der Waals surface area contributed by atoms with E-state index in [0.29, 0.717) is 4.47 Å². The number of halogens is 4. The monoisotopic (exact) mass is 346 g/mol. The van der Waals surface area contributed by atoms with E-state index >= 15 is 0 Å². The predicted molar refractivity (Wildman–Crippen MR) is 71.2 cm³/mol. The zero-order chi connectivity index (χ0) is 14.7. The summed E-state index contributed by atoms with van der Waals surface area (Å²) in [6.07, 6.45) is -1.27. The van der Waals surface area contributed by atoms with Crippen molar-refractivity contribution in [3.05, 3.63) is 63.9 Å². The highest BCUT2D eigenvalue weighted by Crippen LogP contribution is 2.29. The van der Waals surface area contributed by atoms with Gasteiger partial charge in [0.15, 0.2) is 0 Å². The van der Waals surface area contributed by atoms with Gasteiger partial charge in [-0.3, -0.25) is 0 Å². The van der Waals surface area contributed by atoms with E-state index in [9.17, 15) is 18.3 Å². The van der Waals surface area contributed by atoms with Crippen LogP contribution < -0.4 is 4.74 Å². The molecule has 0 saturated carbocycles. The Kier molecular flexibility index (Phi) is 4.67. The molecule has 0 bridgehead atoms. The number of hydrogen-bond donors (Lipinski definition) is 1. The lowest BCUT2D eigenvalue weighted by molar-refractivity contribution is -0.0499. The molecule has 0 spiro atoms. The molecule has 0 aliphatic carbocycles. The van der Waals surface area contributed by atoms with Crippen molar-refractivity contribution < 1.29 is 23.0 Å². The van der Waals surface area contributed by atoms with E-state index in [1.165, 1.54) is 42.5 Å². The molecule has 0 aromatic heterocycles. The van der Waals surface area contributed by atoms with E-state index in [1.807, 2.05) is 0 Å². The Balaban J connectivity index is 2.33. The van der Waals surface area contributed by atoms with Crippen molar-refractivity contribution in [3.63, 3.8) is 0 Å². The van der Waals surface area contributed by atoms with E-state index < -0.39 is 18.5 Å². The lowest BCUT2D eigenvalue weighted by Gasteiger charge is -2.14. The third-order valence-electron chi connectivity index (χ3n) is 2.65. The number of aliphatic hydroxyl groups is 1. The number of aliphatic hydroxyl groups excluding tert-OH is 1. The van der Waals surface area contributed by atoms with Gasteiger partial charge < -0.3 is 9.84 Å². The molecule has 0 radical (unpaired) electrons. The molecule has 20 heavy (non-hydrogen) atoms. The molecule has 0 amide bonds. The van der Waals surface area contributed by atoms with Crippen LogP contribution in [-0.2, 0) is 0 Å².